The molecule has 0 bridgehead atoms. The lowest BCUT2D eigenvalue weighted by atomic mass is 10.1. The monoisotopic (exact) mass is 374 g/mol. The fraction of sp³-hybridized carbons (Fsp3) is 0.421. The minimum Gasteiger partial charge on any atom is -0.351 e. The van der Waals surface area contributed by atoms with Gasteiger partial charge in [-0.05, 0) is 37.1 Å². The summed E-state index contributed by atoms with van der Waals surface area (Å²) in [7, 11) is 0. The molecule has 1 aromatic heterocycles. The smallest absolute Gasteiger partial charge is 0.224 e. The summed E-state index contributed by atoms with van der Waals surface area (Å²) in [5.74, 6) is 0.0349. The molecule has 0 radical (unpaired) electrons. The predicted molar refractivity (Wildman–Crippen MR) is 99.9 cm³/mol. The zero-order chi connectivity index (χ0) is 18.5. The van der Waals surface area contributed by atoms with Crippen molar-refractivity contribution in [1.29, 1.82) is 0 Å². The molecule has 1 fully saturated rings. The van der Waals surface area contributed by atoms with Crippen LogP contribution >= 0.6 is 11.6 Å². The van der Waals surface area contributed by atoms with Crippen molar-refractivity contribution in [1.82, 2.24) is 20.0 Å². The number of aromatic nitrogens is 2. The maximum absolute atomic E-state index is 12.2. The van der Waals surface area contributed by atoms with Crippen LogP contribution in [0.3, 0.4) is 0 Å². The average molecular weight is 375 g/mol. The van der Waals surface area contributed by atoms with Crippen LogP contribution in [0.4, 0.5) is 0 Å². The maximum atomic E-state index is 12.2. The molecule has 2 heterocycles. The number of nitrogens with zero attached hydrogens (tertiary/aromatic N) is 3. The van der Waals surface area contributed by atoms with Crippen molar-refractivity contribution in [2.24, 2.45) is 0 Å². The first-order chi connectivity index (χ1) is 12.5. The number of aryl methyl sites for hydroxylation is 2. The Kier molecular flexibility index (Phi) is 5.93. The highest BCUT2D eigenvalue weighted by Gasteiger charge is 2.30. The summed E-state index contributed by atoms with van der Waals surface area (Å²) in [6.45, 7) is 3.65. The van der Waals surface area contributed by atoms with Crippen LogP contribution in [-0.2, 0) is 22.6 Å². The number of amides is 2. The first-order valence-electron chi connectivity index (χ1n) is 8.81. The zero-order valence-corrected chi connectivity index (χ0v) is 15.6. The number of likely N-dealkylation sites (tertiary alicyclic amines) is 1. The van der Waals surface area contributed by atoms with Gasteiger partial charge < -0.3 is 10.2 Å². The van der Waals surface area contributed by atoms with Crippen LogP contribution in [0.5, 0.6) is 0 Å². The van der Waals surface area contributed by atoms with Crippen LogP contribution in [0, 0.1) is 6.92 Å². The van der Waals surface area contributed by atoms with Gasteiger partial charge >= 0.3 is 0 Å². The molecule has 1 atom stereocenters. The fourth-order valence-corrected chi connectivity index (χ4v) is 3.36. The van der Waals surface area contributed by atoms with Crippen LogP contribution < -0.4 is 5.32 Å². The predicted octanol–water partition coefficient (Wildman–Crippen LogP) is 2.19. The topological polar surface area (TPSA) is 67.2 Å². The number of halogens is 1. The van der Waals surface area contributed by atoms with Crippen LogP contribution in [0.1, 0.15) is 24.1 Å². The van der Waals surface area contributed by atoms with Crippen molar-refractivity contribution in [3.63, 3.8) is 0 Å². The molecule has 0 aliphatic carbocycles. The molecule has 2 amide bonds. The van der Waals surface area contributed by atoms with E-state index in [1.807, 2.05) is 48.4 Å². The van der Waals surface area contributed by atoms with E-state index >= 15 is 0 Å². The number of carbonyl (C=O) groups excluding carboxylic acids is 2. The molecule has 1 aliphatic heterocycles. The number of hydrogen-bond donors (Lipinski definition) is 1. The van der Waals surface area contributed by atoms with Crippen molar-refractivity contribution in [3.8, 4) is 0 Å². The SMILES string of the molecule is Cc1ccn(CCC(=O)NC2CC(=O)N(CCc3cccc(Cl)c3)C2)n1. The lowest BCUT2D eigenvalue weighted by Crippen LogP contribution is -2.37. The maximum Gasteiger partial charge on any atom is 0.224 e. The molecule has 2 aromatic rings. The Labute approximate surface area is 158 Å². The highest BCUT2D eigenvalue weighted by Crippen LogP contribution is 2.15. The third-order valence-electron chi connectivity index (χ3n) is 4.48. The number of hydrogen-bond acceptors (Lipinski definition) is 3. The van der Waals surface area contributed by atoms with E-state index in [1.165, 1.54) is 0 Å². The van der Waals surface area contributed by atoms with Crippen molar-refractivity contribution < 1.29 is 9.59 Å². The van der Waals surface area contributed by atoms with E-state index in [1.54, 1.807) is 4.68 Å². The van der Waals surface area contributed by atoms with Crippen molar-refractivity contribution in [2.45, 2.75) is 38.8 Å². The second-order valence-corrected chi connectivity index (χ2v) is 7.09. The van der Waals surface area contributed by atoms with Gasteiger partial charge in [0.05, 0.1) is 11.7 Å². The molecule has 7 heteroatoms. The molecular formula is C19H23ClN4O2. The largest absolute Gasteiger partial charge is 0.351 e. The normalized spacial score (nSPS) is 16.9. The number of benzene rings is 1. The molecule has 138 valence electrons. The van der Waals surface area contributed by atoms with Crippen molar-refractivity contribution >= 4 is 23.4 Å². The highest BCUT2D eigenvalue weighted by atomic mass is 35.5. The van der Waals surface area contributed by atoms with Crippen LogP contribution in [0.25, 0.3) is 0 Å². The summed E-state index contributed by atoms with van der Waals surface area (Å²) in [6, 6.07) is 9.45. The molecular weight excluding hydrogens is 352 g/mol. The van der Waals surface area contributed by atoms with Crippen LogP contribution in [-0.4, -0.2) is 45.6 Å². The Bertz CT molecular complexity index is 789. The van der Waals surface area contributed by atoms with E-state index in [0.717, 1.165) is 17.7 Å². The van der Waals surface area contributed by atoms with E-state index in [0.29, 0.717) is 37.5 Å². The van der Waals surface area contributed by atoms with Gasteiger partial charge in [-0.3, -0.25) is 14.3 Å². The van der Waals surface area contributed by atoms with Gasteiger partial charge in [-0.15, -0.1) is 0 Å². The Morgan fingerprint density at radius 2 is 2.19 bits per heavy atom. The molecule has 1 aromatic carbocycles. The third kappa shape index (κ3) is 5.08. The van der Waals surface area contributed by atoms with E-state index < -0.39 is 0 Å². The van der Waals surface area contributed by atoms with E-state index in [-0.39, 0.29) is 17.9 Å². The first kappa shape index (κ1) is 18.5. The Hall–Kier alpha value is -2.34. The average Bonchev–Trinajstić information content (AvgIpc) is 3.16. The van der Waals surface area contributed by atoms with Crippen LogP contribution in [0.15, 0.2) is 36.5 Å². The van der Waals surface area contributed by atoms with E-state index in [9.17, 15) is 9.59 Å². The second kappa shape index (κ2) is 8.36. The quantitative estimate of drug-likeness (QED) is 0.807. The van der Waals surface area contributed by atoms with Crippen LogP contribution in [0.2, 0.25) is 5.02 Å². The van der Waals surface area contributed by atoms with Gasteiger partial charge in [-0.1, -0.05) is 23.7 Å². The fourth-order valence-electron chi connectivity index (χ4n) is 3.15. The summed E-state index contributed by atoms with van der Waals surface area (Å²) in [4.78, 5) is 26.1. The van der Waals surface area contributed by atoms with Gasteiger partial charge in [0.2, 0.25) is 11.8 Å². The number of carbonyl (C=O) groups is 2. The standard InChI is InChI=1S/C19H23ClN4O2/c1-14-5-9-24(22-14)10-7-18(25)21-17-12-19(26)23(13-17)8-6-15-3-2-4-16(20)11-15/h2-5,9,11,17H,6-8,10,12-13H2,1H3,(H,21,25). The molecule has 6 nitrogen and oxygen atoms in total. The molecule has 3 rings (SSSR count). The van der Waals surface area contributed by atoms with Gasteiger partial charge in [0.25, 0.3) is 0 Å². The summed E-state index contributed by atoms with van der Waals surface area (Å²) in [5, 5.41) is 7.92. The number of rotatable bonds is 7. The summed E-state index contributed by atoms with van der Waals surface area (Å²) >= 11 is 5.99. The Morgan fingerprint density at radius 1 is 1.35 bits per heavy atom. The minimum absolute atomic E-state index is 0.0485. The molecule has 0 saturated carbocycles. The van der Waals surface area contributed by atoms with Gasteiger partial charge in [-0.25, -0.2) is 0 Å². The molecule has 1 aliphatic rings. The van der Waals surface area contributed by atoms with Gasteiger partial charge in [-0.2, -0.15) is 5.10 Å². The minimum atomic E-state index is -0.117. The first-order valence-corrected chi connectivity index (χ1v) is 9.19. The highest BCUT2D eigenvalue weighted by molar-refractivity contribution is 6.30. The van der Waals surface area contributed by atoms with E-state index in [2.05, 4.69) is 10.4 Å². The lowest BCUT2D eigenvalue weighted by molar-refractivity contribution is -0.127. The van der Waals surface area contributed by atoms with Gasteiger partial charge in [0.15, 0.2) is 0 Å². The summed E-state index contributed by atoms with van der Waals surface area (Å²) < 4.78 is 1.76. The van der Waals surface area contributed by atoms with Gasteiger partial charge in [0.1, 0.15) is 0 Å². The van der Waals surface area contributed by atoms with Crippen molar-refractivity contribution in [2.75, 3.05) is 13.1 Å². The number of nitrogens with one attached hydrogen (secondary N) is 1. The molecule has 26 heavy (non-hydrogen) atoms. The summed E-state index contributed by atoms with van der Waals surface area (Å²) in [5.41, 5.74) is 2.04. The van der Waals surface area contributed by atoms with Crippen molar-refractivity contribution in [3.05, 3.63) is 52.8 Å². The molecule has 0 spiro atoms. The zero-order valence-electron chi connectivity index (χ0n) is 14.8. The second-order valence-electron chi connectivity index (χ2n) is 6.66. The third-order valence-corrected chi connectivity index (χ3v) is 4.72. The van der Waals surface area contributed by atoms with E-state index in [4.69, 9.17) is 11.6 Å². The molecule has 1 N–H and O–H groups in total. The van der Waals surface area contributed by atoms with Gasteiger partial charge in [0, 0.05) is 43.7 Å². The lowest BCUT2D eigenvalue weighted by Gasteiger charge is -2.17. The molecule has 1 unspecified atom stereocenters. The molecule has 1 saturated heterocycles. The Morgan fingerprint density at radius 3 is 2.92 bits per heavy atom. The summed E-state index contributed by atoms with van der Waals surface area (Å²) in [6.07, 6.45) is 3.33. The Balaban J connectivity index is 1.42.